The number of carbonyl (C=O) groups is 6. The average Bonchev–Trinajstić information content (AvgIpc) is 0.816. The predicted molar refractivity (Wildman–Crippen MR) is 361 cm³/mol. The van der Waals surface area contributed by atoms with Gasteiger partial charge in [0.25, 0.3) is 0 Å². The summed E-state index contributed by atoms with van der Waals surface area (Å²) in [4.78, 5) is 83.0. The van der Waals surface area contributed by atoms with Gasteiger partial charge in [-0.2, -0.15) is 0 Å². The molecule has 0 unspecified atom stereocenters. The topological polar surface area (TPSA) is 233 Å². The van der Waals surface area contributed by atoms with Crippen LogP contribution in [0.2, 0.25) is 0 Å². The molecular formula is C79H71N3O15. The lowest BCUT2D eigenvalue weighted by Gasteiger charge is -2.22. The van der Waals surface area contributed by atoms with Gasteiger partial charge in [-0.15, -0.1) is 0 Å². The Morgan fingerprint density at radius 3 is 0.948 bits per heavy atom. The largest absolute Gasteiger partial charge is 0.504 e. The van der Waals surface area contributed by atoms with Gasteiger partial charge in [0.05, 0.1) is 0 Å². The van der Waals surface area contributed by atoms with Crippen molar-refractivity contribution in [3.63, 3.8) is 0 Å². The number of aromatic hydroxyl groups is 1. The number of carbonyl (C=O) groups excluding carboxylic acids is 6. The number of esters is 3. The zero-order chi connectivity index (χ0) is 67.4. The molecule has 0 aromatic heterocycles. The lowest BCUT2D eigenvalue weighted by Crippen LogP contribution is -2.43. The zero-order valence-corrected chi connectivity index (χ0v) is 52.9. The van der Waals surface area contributed by atoms with Gasteiger partial charge in [-0.05, 0) is 92.0 Å². The van der Waals surface area contributed by atoms with E-state index in [2.05, 4.69) is 16.0 Å². The molecular weight excluding hydrogens is 1230 g/mol. The van der Waals surface area contributed by atoms with E-state index in [0.717, 1.165) is 27.8 Å². The van der Waals surface area contributed by atoms with Crippen LogP contribution in [0.4, 0.5) is 14.4 Å². The van der Waals surface area contributed by atoms with Crippen molar-refractivity contribution in [2.75, 3.05) is 0 Å². The molecule has 10 aromatic rings. The van der Waals surface area contributed by atoms with Crippen LogP contribution in [0.3, 0.4) is 0 Å². The van der Waals surface area contributed by atoms with E-state index in [9.17, 15) is 33.9 Å². The van der Waals surface area contributed by atoms with Gasteiger partial charge in [0.15, 0.2) is 11.5 Å². The lowest BCUT2D eigenvalue weighted by atomic mass is 9.94. The van der Waals surface area contributed by atoms with Crippen molar-refractivity contribution in [3.05, 3.63) is 323 Å². The Bertz CT molecular complexity index is 4170. The second-order valence-corrected chi connectivity index (χ2v) is 22.5. The Labute approximate surface area is 561 Å². The average molecular weight is 1300 g/mol. The van der Waals surface area contributed by atoms with Gasteiger partial charge >= 0.3 is 36.2 Å². The maximum absolute atomic E-state index is 14.4. The smallest absolute Gasteiger partial charge is 0.408 e. The van der Waals surface area contributed by atoms with Gasteiger partial charge < -0.3 is 59.0 Å². The fourth-order valence-electron chi connectivity index (χ4n) is 10.2. The molecule has 0 fully saturated rings. The van der Waals surface area contributed by atoms with E-state index in [1.54, 1.807) is 121 Å². The van der Waals surface area contributed by atoms with Crippen molar-refractivity contribution >= 4 is 36.2 Å². The van der Waals surface area contributed by atoms with Gasteiger partial charge in [0.1, 0.15) is 75.9 Å². The third-order valence-electron chi connectivity index (χ3n) is 15.2. The summed E-state index contributed by atoms with van der Waals surface area (Å²) in [5.74, 6) is -2.30. The van der Waals surface area contributed by atoms with Crippen molar-refractivity contribution in [2.45, 2.75) is 83.6 Å². The molecule has 0 aliphatic rings. The molecule has 10 rings (SSSR count). The van der Waals surface area contributed by atoms with E-state index in [4.69, 9.17) is 37.9 Å². The summed E-state index contributed by atoms with van der Waals surface area (Å²) in [5.41, 5.74) is 6.96. The van der Waals surface area contributed by atoms with Gasteiger partial charge in [0, 0.05) is 30.4 Å². The summed E-state index contributed by atoms with van der Waals surface area (Å²) < 4.78 is 47.3. The van der Waals surface area contributed by atoms with Gasteiger partial charge in [-0.25, -0.2) is 28.8 Å². The first-order chi connectivity index (χ1) is 47.4. The molecule has 0 aliphatic carbocycles. The number of alkyl carbamates (subject to hydrolysis) is 3. The number of ether oxygens (including phenoxy) is 8. The molecule has 3 atom stereocenters. The molecule has 18 heteroatoms. The molecule has 3 amide bonds. The van der Waals surface area contributed by atoms with Gasteiger partial charge in [-0.3, -0.25) is 0 Å². The molecule has 4 N–H and O–H groups in total. The molecule has 97 heavy (non-hydrogen) atoms. The minimum absolute atomic E-state index is 0.0279. The first-order valence-electron chi connectivity index (χ1n) is 31.4. The predicted octanol–water partition coefficient (Wildman–Crippen LogP) is 14.2. The number of benzene rings is 10. The Balaban J connectivity index is 1.00. The normalized spacial score (nSPS) is 11.7. The van der Waals surface area contributed by atoms with E-state index < -0.39 is 60.1 Å². The van der Waals surface area contributed by atoms with Crippen LogP contribution in [-0.4, -0.2) is 59.4 Å². The van der Waals surface area contributed by atoms with Crippen LogP contribution in [0, 0.1) is 0 Å². The summed E-state index contributed by atoms with van der Waals surface area (Å²) in [6.45, 7) is -0.399. The van der Waals surface area contributed by atoms with Crippen LogP contribution in [0.15, 0.2) is 267 Å². The van der Waals surface area contributed by atoms with Crippen LogP contribution >= 0.6 is 0 Å². The Kier molecular flexibility index (Phi) is 24.6. The number of amides is 3. The van der Waals surface area contributed by atoms with E-state index in [-0.39, 0.29) is 93.9 Å². The zero-order valence-electron chi connectivity index (χ0n) is 52.9. The quantitative estimate of drug-likeness (QED) is 0.0242. The number of phenolic OH excluding ortho intramolecular Hbond substituents is 1. The molecule has 10 aromatic carbocycles. The van der Waals surface area contributed by atoms with Gasteiger partial charge in [0.2, 0.25) is 0 Å². The highest BCUT2D eigenvalue weighted by molar-refractivity contribution is 5.85. The second-order valence-electron chi connectivity index (χ2n) is 22.5. The first kappa shape index (κ1) is 67.7. The third kappa shape index (κ3) is 21.4. The molecule has 0 bridgehead atoms. The molecule has 0 heterocycles. The Hall–Kier alpha value is -12.2. The third-order valence-corrected chi connectivity index (χ3v) is 15.2. The maximum atomic E-state index is 14.4. The van der Waals surface area contributed by atoms with Crippen LogP contribution < -0.4 is 25.4 Å². The minimum atomic E-state index is -1.39. The summed E-state index contributed by atoms with van der Waals surface area (Å²) in [7, 11) is 0. The first-order valence-corrected chi connectivity index (χ1v) is 31.4. The number of nitrogens with one attached hydrogen (secondary N) is 3. The van der Waals surface area contributed by atoms with E-state index in [1.165, 1.54) is 6.07 Å². The Morgan fingerprint density at radius 2 is 0.588 bits per heavy atom. The van der Waals surface area contributed by atoms with Crippen molar-refractivity contribution in [2.24, 2.45) is 0 Å². The summed E-state index contributed by atoms with van der Waals surface area (Å²) >= 11 is 0. The molecule has 18 nitrogen and oxygen atoms in total. The van der Waals surface area contributed by atoms with E-state index in [1.807, 2.05) is 140 Å². The highest BCUT2D eigenvalue weighted by Crippen LogP contribution is 2.45. The van der Waals surface area contributed by atoms with Crippen molar-refractivity contribution in [1.82, 2.24) is 16.0 Å². The molecule has 492 valence electrons. The standard InChI is InChI=1S/C79H71N3O15/c83-73-67(66-42-63(38-41-71(66)90-48-56-22-8-1-9-23-56)45-69(75(85)92-50-58-26-12-3-13-27-58)81-78(88)95-53-61-32-18-6-19-33-61)43-64(46-70(76(86)93-51-59-28-14-4-15-29-59)82-79(89)96-54-62-34-20-7-21-35-62)47-72(73)97-65-39-36-55(37-40-65)44-68(74(84)91-49-57-24-10-2-11-25-57)80-77(87)94-52-60-30-16-5-17-31-60/h1-43,47,68-70,83H,44-46,48-54H2,(H,80,87)(H,81,88)(H,82,89)/t68-,69-,70-/m0/s1. The van der Waals surface area contributed by atoms with Crippen LogP contribution in [0.25, 0.3) is 11.1 Å². The fourth-order valence-corrected chi connectivity index (χ4v) is 10.2. The van der Waals surface area contributed by atoms with Crippen LogP contribution in [-0.2, 0) is 108 Å². The number of hydrogen-bond acceptors (Lipinski definition) is 15. The molecule has 0 saturated heterocycles. The minimum Gasteiger partial charge on any atom is -0.504 e. The van der Waals surface area contributed by atoms with Crippen LogP contribution in [0.1, 0.15) is 55.6 Å². The summed E-state index contributed by atoms with van der Waals surface area (Å²) in [6, 6.07) is 74.8. The number of phenols is 1. The number of rotatable bonds is 30. The lowest BCUT2D eigenvalue weighted by molar-refractivity contribution is -0.148. The molecule has 0 radical (unpaired) electrons. The van der Waals surface area contributed by atoms with Crippen LogP contribution in [0.5, 0.6) is 23.0 Å². The van der Waals surface area contributed by atoms with Crippen molar-refractivity contribution < 1.29 is 71.8 Å². The van der Waals surface area contributed by atoms with Crippen molar-refractivity contribution in [3.8, 4) is 34.1 Å². The fraction of sp³-hybridized carbons (Fsp3) is 0.165. The van der Waals surface area contributed by atoms with Gasteiger partial charge in [-0.1, -0.05) is 231 Å². The monoisotopic (exact) mass is 1300 g/mol. The summed E-state index contributed by atoms with van der Waals surface area (Å²) in [6.07, 6.45) is -3.04. The molecule has 0 spiro atoms. The highest BCUT2D eigenvalue weighted by atomic mass is 16.6. The van der Waals surface area contributed by atoms with Crippen molar-refractivity contribution in [1.29, 1.82) is 0 Å². The number of hydrogen-bond donors (Lipinski definition) is 4. The SMILES string of the molecule is O=C(N[C@@H](Cc1ccc(Oc2cc(C[C@H](NC(=O)OCc3ccccc3)C(=O)OCc3ccccc3)cc(-c3cc(C[C@H](NC(=O)OCc4ccccc4)C(=O)OCc4ccccc4)ccc3OCc3ccccc3)c2O)cc1)C(=O)OCc1ccccc1)OCc1ccccc1. The molecule has 0 aliphatic heterocycles. The second kappa shape index (κ2) is 35.2. The summed E-state index contributed by atoms with van der Waals surface area (Å²) in [5, 5.41) is 20.9. The molecule has 0 saturated carbocycles. The highest BCUT2D eigenvalue weighted by Gasteiger charge is 2.29. The maximum Gasteiger partial charge on any atom is 0.408 e. The van der Waals surface area contributed by atoms with E-state index >= 15 is 0 Å². The Morgan fingerprint density at radius 1 is 0.289 bits per heavy atom. The van der Waals surface area contributed by atoms with E-state index in [0.29, 0.717) is 27.8 Å².